The quantitative estimate of drug-likeness (QED) is 0.927. The molecule has 1 aromatic rings. The molecule has 0 unspecified atom stereocenters. The van der Waals surface area contributed by atoms with Crippen LogP contribution in [0.25, 0.3) is 0 Å². The van der Waals surface area contributed by atoms with E-state index in [1.807, 2.05) is 32.0 Å². The first-order valence-corrected chi connectivity index (χ1v) is 6.05. The molecule has 96 valence electrons. The van der Waals surface area contributed by atoms with Crippen LogP contribution in [0.15, 0.2) is 22.7 Å². The van der Waals surface area contributed by atoms with Gasteiger partial charge < -0.3 is 14.6 Å². The maximum atomic E-state index is 9.00. The third-order valence-electron chi connectivity index (χ3n) is 1.51. The van der Waals surface area contributed by atoms with Gasteiger partial charge in [0.05, 0.1) is 13.2 Å². The van der Waals surface area contributed by atoms with Crippen molar-refractivity contribution >= 4 is 21.9 Å². The van der Waals surface area contributed by atoms with Gasteiger partial charge >= 0.3 is 0 Å². The molecular weight excluding hydrogens is 288 g/mol. The van der Waals surface area contributed by atoms with Crippen molar-refractivity contribution in [2.24, 2.45) is 0 Å². The number of benzene rings is 1. The highest BCUT2D eigenvalue weighted by molar-refractivity contribution is 9.10. The van der Waals surface area contributed by atoms with E-state index < -0.39 is 5.97 Å². The highest BCUT2D eigenvalue weighted by Crippen LogP contribution is 2.30. The summed E-state index contributed by atoms with van der Waals surface area (Å²) in [6, 6.07) is 5.75. The molecule has 5 heteroatoms. The zero-order valence-corrected chi connectivity index (χ0v) is 11.8. The first kappa shape index (κ1) is 15.8. The van der Waals surface area contributed by atoms with Crippen molar-refractivity contribution in [3.8, 4) is 11.5 Å². The molecule has 1 N–H and O–H groups in total. The van der Waals surface area contributed by atoms with Crippen molar-refractivity contribution in [1.82, 2.24) is 0 Å². The van der Waals surface area contributed by atoms with Gasteiger partial charge in [-0.25, -0.2) is 0 Å². The van der Waals surface area contributed by atoms with Crippen LogP contribution in [0, 0.1) is 0 Å². The fourth-order valence-corrected chi connectivity index (χ4v) is 1.37. The van der Waals surface area contributed by atoms with Crippen LogP contribution in [0.4, 0.5) is 0 Å². The van der Waals surface area contributed by atoms with E-state index in [0.29, 0.717) is 13.2 Å². The molecule has 0 atom stereocenters. The molecule has 0 aliphatic rings. The maximum Gasteiger partial charge on any atom is 0.300 e. The Bertz CT molecular complexity index is 348. The van der Waals surface area contributed by atoms with Crippen LogP contribution < -0.4 is 9.47 Å². The third-order valence-corrected chi connectivity index (χ3v) is 2.00. The molecule has 0 fully saturated rings. The Morgan fingerprint density at radius 1 is 1.24 bits per heavy atom. The van der Waals surface area contributed by atoms with Crippen LogP contribution in [0.1, 0.15) is 20.8 Å². The van der Waals surface area contributed by atoms with Crippen LogP contribution in [-0.2, 0) is 4.79 Å². The fraction of sp³-hybridized carbons (Fsp3) is 0.417. The number of ether oxygens (including phenoxy) is 2. The van der Waals surface area contributed by atoms with E-state index in [2.05, 4.69) is 15.9 Å². The molecule has 0 aliphatic heterocycles. The van der Waals surface area contributed by atoms with Gasteiger partial charge in [-0.05, 0) is 32.0 Å². The van der Waals surface area contributed by atoms with Gasteiger partial charge in [-0.2, -0.15) is 0 Å². The number of carboxylic acid groups (broad SMARTS) is 1. The van der Waals surface area contributed by atoms with Gasteiger partial charge in [-0.3, -0.25) is 4.79 Å². The summed E-state index contributed by atoms with van der Waals surface area (Å²) in [6.45, 7) is 6.30. The SMILES string of the molecule is CC(=O)O.CCOc1ccc(Br)cc1OCC. The van der Waals surface area contributed by atoms with E-state index in [0.717, 1.165) is 22.9 Å². The molecule has 0 aromatic heterocycles. The summed E-state index contributed by atoms with van der Waals surface area (Å²) in [6.07, 6.45) is 0. The van der Waals surface area contributed by atoms with Gasteiger partial charge in [0.25, 0.3) is 5.97 Å². The minimum absolute atomic E-state index is 0.649. The van der Waals surface area contributed by atoms with E-state index in [9.17, 15) is 0 Å². The van der Waals surface area contributed by atoms with Crippen LogP contribution in [0.2, 0.25) is 0 Å². The lowest BCUT2D eigenvalue weighted by Crippen LogP contribution is -1.97. The molecular formula is C12H17BrO4. The second-order valence-corrected chi connectivity index (χ2v) is 3.89. The van der Waals surface area contributed by atoms with Crippen LogP contribution in [-0.4, -0.2) is 24.3 Å². The summed E-state index contributed by atoms with van der Waals surface area (Å²) in [5.41, 5.74) is 0. The lowest BCUT2D eigenvalue weighted by molar-refractivity contribution is -0.134. The van der Waals surface area contributed by atoms with Crippen LogP contribution in [0.5, 0.6) is 11.5 Å². The van der Waals surface area contributed by atoms with E-state index in [1.54, 1.807) is 0 Å². The standard InChI is InChI=1S/C10H13BrO2.C2H4O2/c1-3-12-9-6-5-8(11)7-10(9)13-4-2;1-2(3)4/h5-7H,3-4H2,1-2H3;1H3,(H,3,4). The topological polar surface area (TPSA) is 55.8 Å². The zero-order chi connectivity index (χ0) is 13.3. The number of rotatable bonds is 4. The van der Waals surface area contributed by atoms with Gasteiger partial charge in [-0.1, -0.05) is 15.9 Å². The highest BCUT2D eigenvalue weighted by Gasteiger charge is 2.03. The summed E-state index contributed by atoms with van der Waals surface area (Å²) in [5, 5.41) is 7.42. The summed E-state index contributed by atoms with van der Waals surface area (Å²) >= 11 is 3.38. The summed E-state index contributed by atoms with van der Waals surface area (Å²) in [7, 11) is 0. The smallest absolute Gasteiger partial charge is 0.300 e. The lowest BCUT2D eigenvalue weighted by Gasteiger charge is -2.10. The molecule has 1 rings (SSSR count). The minimum Gasteiger partial charge on any atom is -0.490 e. The molecule has 0 saturated heterocycles. The molecule has 1 aromatic carbocycles. The minimum atomic E-state index is -0.833. The molecule has 0 saturated carbocycles. The van der Waals surface area contributed by atoms with Gasteiger partial charge in [0.1, 0.15) is 0 Å². The van der Waals surface area contributed by atoms with E-state index in [4.69, 9.17) is 19.4 Å². The van der Waals surface area contributed by atoms with Crippen molar-refractivity contribution < 1.29 is 19.4 Å². The number of halogens is 1. The van der Waals surface area contributed by atoms with Crippen LogP contribution >= 0.6 is 15.9 Å². The Balaban J connectivity index is 0.000000557. The van der Waals surface area contributed by atoms with Crippen molar-refractivity contribution in [2.45, 2.75) is 20.8 Å². The molecule has 4 nitrogen and oxygen atoms in total. The van der Waals surface area contributed by atoms with E-state index in [-0.39, 0.29) is 0 Å². The van der Waals surface area contributed by atoms with Crippen molar-refractivity contribution in [3.05, 3.63) is 22.7 Å². The van der Waals surface area contributed by atoms with Gasteiger partial charge in [-0.15, -0.1) is 0 Å². The first-order chi connectivity index (χ1) is 8.01. The van der Waals surface area contributed by atoms with Gasteiger partial charge in [0.2, 0.25) is 0 Å². The molecule has 17 heavy (non-hydrogen) atoms. The average molecular weight is 305 g/mol. The average Bonchev–Trinajstić information content (AvgIpc) is 2.22. The summed E-state index contributed by atoms with van der Waals surface area (Å²) < 4.78 is 11.8. The van der Waals surface area contributed by atoms with Gasteiger partial charge in [0.15, 0.2) is 11.5 Å². The lowest BCUT2D eigenvalue weighted by atomic mass is 10.3. The second kappa shape index (κ2) is 8.87. The fourth-order valence-electron chi connectivity index (χ4n) is 1.02. The predicted octanol–water partition coefficient (Wildman–Crippen LogP) is 3.34. The molecule has 0 spiro atoms. The zero-order valence-electron chi connectivity index (χ0n) is 10.2. The van der Waals surface area contributed by atoms with E-state index in [1.165, 1.54) is 0 Å². The van der Waals surface area contributed by atoms with E-state index >= 15 is 0 Å². The van der Waals surface area contributed by atoms with Crippen molar-refractivity contribution in [2.75, 3.05) is 13.2 Å². The molecule has 0 radical (unpaired) electrons. The Kier molecular flexibility index (Phi) is 8.23. The Morgan fingerprint density at radius 3 is 2.18 bits per heavy atom. The predicted molar refractivity (Wildman–Crippen MR) is 69.8 cm³/mol. The number of aliphatic carboxylic acids is 1. The van der Waals surface area contributed by atoms with Gasteiger partial charge in [0, 0.05) is 11.4 Å². The van der Waals surface area contributed by atoms with Crippen molar-refractivity contribution in [1.29, 1.82) is 0 Å². The second-order valence-electron chi connectivity index (χ2n) is 2.98. The van der Waals surface area contributed by atoms with Crippen LogP contribution in [0.3, 0.4) is 0 Å². The maximum absolute atomic E-state index is 9.00. The molecule has 0 bridgehead atoms. The molecule has 0 heterocycles. The normalized spacial score (nSPS) is 8.94. The number of hydrogen-bond acceptors (Lipinski definition) is 3. The van der Waals surface area contributed by atoms with Crippen molar-refractivity contribution in [3.63, 3.8) is 0 Å². The Labute approximate surface area is 110 Å². The molecule has 0 amide bonds. The Morgan fingerprint density at radius 2 is 1.71 bits per heavy atom. The first-order valence-electron chi connectivity index (χ1n) is 5.25. The summed E-state index contributed by atoms with van der Waals surface area (Å²) in [5.74, 6) is 0.756. The highest BCUT2D eigenvalue weighted by atomic mass is 79.9. The Hall–Kier alpha value is -1.23. The largest absolute Gasteiger partial charge is 0.490 e. The number of carboxylic acids is 1. The monoisotopic (exact) mass is 304 g/mol. The third kappa shape index (κ3) is 7.63. The molecule has 0 aliphatic carbocycles. The number of hydrogen-bond donors (Lipinski definition) is 1. The summed E-state index contributed by atoms with van der Waals surface area (Å²) in [4.78, 5) is 9.00. The number of carbonyl (C=O) groups is 1.